The number of hydrogen-bond donors (Lipinski definition) is 3. The van der Waals surface area contributed by atoms with Crippen LogP contribution in [0.5, 0.6) is 5.75 Å². The van der Waals surface area contributed by atoms with Crippen LogP contribution in [0, 0.1) is 0 Å². The minimum Gasteiger partial charge on any atom is -0.495 e. The van der Waals surface area contributed by atoms with Gasteiger partial charge >= 0.3 is 12.0 Å². The van der Waals surface area contributed by atoms with Gasteiger partial charge in [-0.15, -0.1) is 0 Å². The third kappa shape index (κ3) is 3.90. The van der Waals surface area contributed by atoms with E-state index in [1.165, 1.54) is 12.0 Å². The van der Waals surface area contributed by atoms with E-state index < -0.39 is 11.9 Å². The number of methoxy groups -OCH3 is 1. The molecule has 0 aliphatic carbocycles. The molecule has 28 heavy (non-hydrogen) atoms. The SMILES string of the molecule is COc1ccc(C(=O)Nc2cccc(C(C)C(=O)O)c2)cc1N1CCNC1=O. The second kappa shape index (κ2) is 7.99. The van der Waals surface area contributed by atoms with Gasteiger partial charge in [-0.1, -0.05) is 12.1 Å². The summed E-state index contributed by atoms with van der Waals surface area (Å²) in [5.74, 6) is -1.50. The molecule has 2 aromatic rings. The molecule has 0 bridgehead atoms. The number of amides is 3. The van der Waals surface area contributed by atoms with E-state index in [0.29, 0.717) is 41.3 Å². The summed E-state index contributed by atoms with van der Waals surface area (Å²) in [7, 11) is 1.50. The Labute approximate surface area is 162 Å². The summed E-state index contributed by atoms with van der Waals surface area (Å²) < 4.78 is 5.31. The van der Waals surface area contributed by atoms with E-state index in [9.17, 15) is 14.4 Å². The topological polar surface area (TPSA) is 108 Å². The number of carbonyl (C=O) groups excluding carboxylic acids is 2. The lowest BCUT2D eigenvalue weighted by atomic mass is 10.0. The lowest BCUT2D eigenvalue weighted by Gasteiger charge is -2.18. The summed E-state index contributed by atoms with van der Waals surface area (Å²) in [6.07, 6.45) is 0. The van der Waals surface area contributed by atoms with Gasteiger partial charge in [-0.3, -0.25) is 14.5 Å². The van der Waals surface area contributed by atoms with Gasteiger partial charge in [0.2, 0.25) is 0 Å². The number of anilines is 2. The maximum atomic E-state index is 12.7. The first-order valence-corrected chi connectivity index (χ1v) is 8.78. The Morgan fingerprint density at radius 1 is 1.25 bits per heavy atom. The van der Waals surface area contributed by atoms with Gasteiger partial charge in [-0.25, -0.2) is 4.79 Å². The summed E-state index contributed by atoms with van der Waals surface area (Å²) >= 11 is 0. The Morgan fingerprint density at radius 2 is 2.04 bits per heavy atom. The van der Waals surface area contributed by atoms with Crippen LogP contribution in [0.1, 0.15) is 28.8 Å². The quantitative estimate of drug-likeness (QED) is 0.711. The van der Waals surface area contributed by atoms with E-state index in [1.54, 1.807) is 49.4 Å². The molecule has 1 unspecified atom stereocenters. The van der Waals surface area contributed by atoms with Gasteiger partial charge < -0.3 is 20.5 Å². The molecule has 1 fully saturated rings. The average molecular weight is 383 g/mol. The van der Waals surface area contributed by atoms with Crippen LogP contribution in [0.3, 0.4) is 0 Å². The highest BCUT2D eigenvalue weighted by Crippen LogP contribution is 2.31. The Bertz CT molecular complexity index is 928. The molecule has 3 N–H and O–H groups in total. The van der Waals surface area contributed by atoms with Gasteiger partial charge in [-0.05, 0) is 42.8 Å². The van der Waals surface area contributed by atoms with Crippen LogP contribution in [-0.4, -0.2) is 43.2 Å². The van der Waals surface area contributed by atoms with E-state index in [2.05, 4.69) is 10.6 Å². The molecule has 3 amide bonds. The number of rotatable bonds is 6. The van der Waals surface area contributed by atoms with Crippen LogP contribution in [-0.2, 0) is 4.79 Å². The summed E-state index contributed by atoms with van der Waals surface area (Å²) in [4.78, 5) is 37.4. The zero-order chi connectivity index (χ0) is 20.3. The van der Waals surface area contributed by atoms with Crippen LogP contribution >= 0.6 is 0 Å². The highest BCUT2D eigenvalue weighted by atomic mass is 16.5. The zero-order valence-corrected chi connectivity index (χ0v) is 15.6. The number of carboxylic acids is 1. The Balaban J connectivity index is 1.84. The van der Waals surface area contributed by atoms with E-state index in [1.807, 2.05) is 0 Å². The molecule has 2 aromatic carbocycles. The van der Waals surface area contributed by atoms with Crippen LogP contribution in [0.15, 0.2) is 42.5 Å². The molecule has 1 atom stereocenters. The third-order valence-electron chi connectivity index (χ3n) is 4.60. The number of benzene rings is 2. The van der Waals surface area contributed by atoms with Gasteiger partial charge in [0, 0.05) is 24.3 Å². The molecule has 0 radical (unpaired) electrons. The molecular formula is C20H21N3O5. The predicted molar refractivity (Wildman–Crippen MR) is 104 cm³/mol. The molecule has 1 aliphatic heterocycles. The van der Waals surface area contributed by atoms with E-state index in [0.717, 1.165) is 0 Å². The number of aliphatic carboxylic acids is 1. The van der Waals surface area contributed by atoms with Gasteiger partial charge in [0.15, 0.2) is 0 Å². The average Bonchev–Trinajstić information content (AvgIpc) is 3.12. The molecule has 1 aliphatic rings. The van der Waals surface area contributed by atoms with Gasteiger partial charge in [-0.2, -0.15) is 0 Å². The molecule has 3 rings (SSSR count). The minimum absolute atomic E-state index is 0.244. The lowest BCUT2D eigenvalue weighted by Crippen LogP contribution is -2.28. The van der Waals surface area contributed by atoms with Crippen molar-refractivity contribution in [2.24, 2.45) is 0 Å². The first-order valence-electron chi connectivity index (χ1n) is 8.78. The summed E-state index contributed by atoms with van der Waals surface area (Å²) in [6.45, 7) is 2.59. The number of ether oxygens (including phenoxy) is 1. The molecule has 8 nitrogen and oxygen atoms in total. The third-order valence-corrected chi connectivity index (χ3v) is 4.60. The van der Waals surface area contributed by atoms with Crippen LogP contribution in [0.25, 0.3) is 0 Å². The van der Waals surface area contributed by atoms with Crippen molar-refractivity contribution in [2.45, 2.75) is 12.8 Å². The van der Waals surface area contributed by atoms with Crippen molar-refractivity contribution in [3.63, 3.8) is 0 Å². The van der Waals surface area contributed by atoms with Crippen molar-refractivity contribution in [3.05, 3.63) is 53.6 Å². The van der Waals surface area contributed by atoms with E-state index in [-0.39, 0.29) is 11.9 Å². The molecule has 0 spiro atoms. The van der Waals surface area contributed by atoms with Crippen molar-refractivity contribution in [3.8, 4) is 5.75 Å². The fraction of sp³-hybridized carbons (Fsp3) is 0.250. The minimum atomic E-state index is -0.938. The van der Waals surface area contributed by atoms with Gasteiger partial charge in [0.1, 0.15) is 5.75 Å². The van der Waals surface area contributed by atoms with Crippen LogP contribution < -0.4 is 20.3 Å². The Kier molecular flexibility index (Phi) is 5.49. The van der Waals surface area contributed by atoms with Gasteiger partial charge in [0.05, 0.1) is 18.7 Å². The number of urea groups is 1. The second-order valence-electron chi connectivity index (χ2n) is 6.41. The maximum absolute atomic E-state index is 12.7. The molecule has 1 saturated heterocycles. The summed E-state index contributed by atoms with van der Waals surface area (Å²) in [5.41, 5.74) is 1.95. The number of nitrogens with one attached hydrogen (secondary N) is 2. The highest BCUT2D eigenvalue weighted by Gasteiger charge is 2.25. The molecule has 0 aromatic heterocycles. The Hall–Kier alpha value is -3.55. The van der Waals surface area contributed by atoms with Gasteiger partial charge in [0.25, 0.3) is 5.91 Å². The summed E-state index contributed by atoms with van der Waals surface area (Å²) in [5, 5.41) is 14.6. The predicted octanol–water partition coefficient (Wildman–Crippen LogP) is 2.67. The van der Waals surface area contributed by atoms with Crippen molar-refractivity contribution >= 4 is 29.3 Å². The largest absolute Gasteiger partial charge is 0.495 e. The zero-order valence-electron chi connectivity index (χ0n) is 15.6. The first-order chi connectivity index (χ1) is 13.4. The number of hydrogen-bond acceptors (Lipinski definition) is 4. The normalized spacial score (nSPS) is 14.4. The van der Waals surface area contributed by atoms with Crippen molar-refractivity contribution < 1.29 is 24.2 Å². The van der Waals surface area contributed by atoms with Crippen molar-refractivity contribution in [1.29, 1.82) is 0 Å². The maximum Gasteiger partial charge on any atom is 0.322 e. The standard InChI is InChI=1S/C20H21N3O5/c1-12(19(25)26)13-4-3-5-15(10-13)22-18(24)14-6-7-17(28-2)16(11-14)23-9-8-21-20(23)27/h3-7,10-12H,8-9H2,1-2H3,(H,21,27)(H,22,24)(H,25,26). The monoisotopic (exact) mass is 383 g/mol. The van der Waals surface area contributed by atoms with E-state index in [4.69, 9.17) is 9.84 Å². The van der Waals surface area contributed by atoms with Crippen molar-refractivity contribution in [2.75, 3.05) is 30.4 Å². The Morgan fingerprint density at radius 3 is 2.68 bits per heavy atom. The first kappa shape index (κ1) is 19.2. The highest BCUT2D eigenvalue weighted by molar-refractivity contribution is 6.06. The number of carbonyl (C=O) groups is 3. The van der Waals surface area contributed by atoms with E-state index >= 15 is 0 Å². The van der Waals surface area contributed by atoms with Crippen LogP contribution in [0.2, 0.25) is 0 Å². The molecule has 1 heterocycles. The fourth-order valence-electron chi connectivity index (χ4n) is 2.98. The molecule has 8 heteroatoms. The molecule has 146 valence electrons. The van der Waals surface area contributed by atoms with Crippen molar-refractivity contribution in [1.82, 2.24) is 5.32 Å². The second-order valence-corrected chi connectivity index (χ2v) is 6.41. The smallest absolute Gasteiger partial charge is 0.322 e. The number of nitrogens with zero attached hydrogens (tertiary/aromatic N) is 1. The molecular weight excluding hydrogens is 362 g/mol. The lowest BCUT2D eigenvalue weighted by molar-refractivity contribution is -0.138. The van der Waals surface area contributed by atoms with Crippen LogP contribution in [0.4, 0.5) is 16.2 Å². The summed E-state index contributed by atoms with van der Waals surface area (Å²) in [6, 6.07) is 11.3. The molecule has 0 saturated carbocycles. The fourth-order valence-corrected chi connectivity index (χ4v) is 2.98. The number of carboxylic acid groups (broad SMARTS) is 1.